The molecule has 1 aliphatic carbocycles. The molecular weight excluding hydrogens is 459 g/mol. The number of hydrogen-bond acceptors (Lipinski definition) is 5. The summed E-state index contributed by atoms with van der Waals surface area (Å²) in [5.41, 5.74) is 1.99. The van der Waals surface area contributed by atoms with Crippen LogP contribution in [0.3, 0.4) is 0 Å². The highest BCUT2D eigenvalue weighted by Gasteiger charge is 2.64. The highest BCUT2D eigenvalue weighted by Crippen LogP contribution is 2.63. The van der Waals surface area contributed by atoms with E-state index >= 15 is 0 Å². The predicted molar refractivity (Wildman–Crippen MR) is 130 cm³/mol. The third-order valence-corrected chi connectivity index (χ3v) is 7.80. The maximum Gasteiger partial charge on any atom is 0.245 e. The Balaban J connectivity index is 1.04. The van der Waals surface area contributed by atoms with E-state index in [1.165, 1.54) is 0 Å². The second-order valence-electron chi connectivity index (χ2n) is 9.00. The zero-order valence-electron chi connectivity index (χ0n) is 18.3. The van der Waals surface area contributed by atoms with Gasteiger partial charge in [0.25, 0.3) is 0 Å². The van der Waals surface area contributed by atoms with Gasteiger partial charge in [0.15, 0.2) is 0 Å². The number of nitriles is 1. The zero-order chi connectivity index (χ0) is 23.0. The molecule has 2 heterocycles. The number of ether oxygens (including phenoxy) is 1. The minimum atomic E-state index is -0.846. The summed E-state index contributed by atoms with van der Waals surface area (Å²) in [6.07, 6.45) is 2.64. The minimum absolute atomic E-state index is 0.0238. The highest BCUT2D eigenvalue weighted by molar-refractivity contribution is 6.43. The summed E-state index contributed by atoms with van der Waals surface area (Å²) < 4.78 is 5.93. The molecule has 2 unspecified atom stereocenters. The zero-order valence-corrected chi connectivity index (χ0v) is 19.8. The number of unbranched alkanes of at least 4 members (excludes halogenated alkanes) is 1. The molecule has 0 aromatic heterocycles. The number of piperazine rings is 1. The monoisotopic (exact) mass is 484 g/mol. The van der Waals surface area contributed by atoms with E-state index in [1.807, 2.05) is 36.4 Å². The number of nitrogens with zero attached hydrogens (tertiary/aromatic N) is 3. The molecule has 6 nitrogen and oxygen atoms in total. The van der Waals surface area contributed by atoms with Gasteiger partial charge in [-0.1, -0.05) is 35.3 Å². The van der Waals surface area contributed by atoms with Crippen LogP contribution in [-0.4, -0.2) is 50.1 Å². The van der Waals surface area contributed by atoms with Crippen molar-refractivity contribution in [3.8, 4) is 11.8 Å². The van der Waals surface area contributed by atoms with Crippen molar-refractivity contribution in [3.05, 3.63) is 52.0 Å². The van der Waals surface area contributed by atoms with Gasteiger partial charge in [-0.2, -0.15) is 5.26 Å². The van der Waals surface area contributed by atoms with Crippen molar-refractivity contribution in [1.29, 1.82) is 5.26 Å². The van der Waals surface area contributed by atoms with Gasteiger partial charge in [-0.05, 0) is 49.6 Å². The Bertz CT molecular complexity index is 1110. The molecule has 1 N–H and O–H groups in total. The van der Waals surface area contributed by atoms with E-state index in [4.69, 9.17) is 27.9 Å². The van der Waals surface area contributed by atoms with Crippen molar-refractivity contribution >= 4 is 40.5 Å². The summed E-state index contributed by atoms with van der Waals surface area (Å²) in [5.74, 6) is 0.597. The van der Waals surface area contributed by atoms with Crippen molar-refractivity contribution in [2.75, 3.05) is 49.5 Å². The Morgan fingerprint density at radius 3 is 2.76 bits per heavy atom. The van der Waals surface area contributed by atoms with Crippen molar-refractivity contribution in [2.45, 2.75) is 25.2 Å². The lowest BCUT2D eigenvalue weighted by Crippen LogP contribution is -2.46. The van der Waals surface area contributed by atoms with Gasteiger partial charge in [-0.15, -0.1) is 0 Å². The van der Waals surface area contributed by atoms with Crippen LogP contribution in [0.5, 0.6) is 5.75 Å². The number of fused-ring (bicyclic) bond motifs is 3. The Morgan fingerprint density at radius 2 is 1.97 bits per heavy atom. The van der Waals surface area contributed by atoms with Crippen molar-refractivity contribution in [1.82, 2.24) is 4.90 Å². The quantitative estimate of drug-likeness (QED) is 0.564. The fourth-order valence-electron chi connectivity index (χ4n) is 4.91. The Labute approximate surface area is 204 Å². The molecule has 0 bridgehead atoms. The van der Waals surface area contributed by atoms with E-state index in [0.717, 1.165) is 68.3 Å². The molecule has 3 aliphatic rings. The van der Waals surface area contributed by atoms with Crippen molar-refractivity contribution in [3.63, 3.8) is 0 Å². The number of carbonyl (C=O) groups is 1. The predicted octanol–water partition coefficient (Wildman–Crippen LogP) is 4.92. The van der Waals surface area contributed by atoms with Crippen LogP contribution >= 0.6 is 23.2 Å². The Kier molecular flexibility index (Phi) is 6.13. The van der Waals surface area contributed by atoms with Crippen LogP contribution in [0, 0.1) is 16.7 Å². The molecular formula is C25H26Cl2N4O2. The third kappa shape index (κ3) is 4.26. The highest BCUT2D eigenvalue weighted by atomic mass is 35.5. The molecule has 2 aromatic rings. The number of rotatable bonds is 7. The molecule has 2 atom stereocenters. The molecule has 1 amide bonds. The van der Waals surface area contributed by atoms with Gasteiger partial charge in [0.2, 0.25) is 5.91 Å². The molecule has 0 radical (unpaired) electrons. The molecule has 0 spiro atoms. The van der Waals surface area contributed by atoms with Crippen LogP contribution in [0.1, 0.15) is 30.7 Å². The third-order valence-electron chi connectivity index (χ3n) is 7.00. The van der Waals surface area contributed by atoms with Crippen molar-refractivity contribution < 1.29 is 9.53 Å². The van der Waals surface area contributed by atoms with Crippen LogP contribution < -0.4 is 15.0 Å². The number of halogens is 2. The van der Waals surface area contributed by atoms with Gasteiger partial charge in [-0.25, -0.2) is 0 Å². The summed E-state index contributed by atoms with van der Waals surface area (Å²) in [5, 5.41) is 13.5. The summed E-state index contributed by atoms with van der Waals surface area (Å²) in [6.45, 7) is 5.55. The van der Waals surface area contributed by atoms with Gasteiger partial charge in [-0.3, -0.25) is 9.69 Å². The van der Waals surface area contributed by atoms with E-state index in [-0.39, 0.29) is 11.8 Å². The van der Waals surface area contributed by atoms with E-state index in [9.17, 15) is 10.1 Å². The number of anilines is 2. The van der Waals surface area contributed by atoms with Crippen LogP contribution in [0.15, 0.2) is 36.4 Å². The average molecular weight is 485 g/mol. The SMILES string of the molecule is N#CC12CC1c1ccc(OCCCCN3CCN(c4cccc(Cl)c4Cl)CC3)cc1NC2=O. The summed E-state index contributed by atoms with van der Waals surface area (Å²) >= 11 is 12.5. The minimum Gasteiger partial charge on any atom is -0.494 e. The summed E-state index contributed by atoms with van der Waals surface area (Å²) in [6, 6.07) is 13.8. The number of hydrogen-bond donors (Lipinski definition) is 1. The van der Waals surface area contributed by atoms with Crippen LogP contribution in [0.2, 0.25) is 10.0 Å². The molecule has 8 heteroatoms. The normalized spacial score (nSPS) is 23.8. The Hall–Kier alpha value is -2.46. The molecule has 2 fully saturated rings. The van der Waals surface area contributed by atoms with Gasteiger partial charge in [0.05, 0.1) is 28.4 Å². The maximum absolute atomic E-state index is 12.3. The first kappa shape index (κ1) is 22.3. The number of carbonyl (C=O) groups excluding carboxylic acids is 1. The molecule has 1 saturated heterocycles. The van der Waals surface area contributed by atoms with Crippen molar-refractivity contribution in [2.24, 2.45) is 5.41 Å². The summed E-state index contributed by atoms with van der Waals surface area (Å²) in [7, 11) is 0. The van der Waals surface area contributed by atoms with Crippen LogP contribution in [0.25, 0.3) is 0 Å². The molecule has 1 saturated carbocycles. The number of nitrogens with one attached hydrogen (secondary N) is 1. The largest absolute Gasteiger partial charge is 0.494 e. The average Bonchev–Trinajstić information content (AvgIpc) is 3.58. The van der Waals surface area contributed by atoms with E-state index in [1.54, 1.807) is 0 Å². The van der Waals surface area contributed by atoms with Gasteiger partial charge in [0, 0.05) is 43.9 Å². The Morgan fingerprint density at radius 1 is 1.15 bits per heavy atom. The fraction of sp³-hybridized carbons (Fsp3) is 0.440. The lowest BCUT2D eigenvalue weighted by atomic mass is 9.94. The number of amides is 1. The standard InChI is InChI=1S/C25H26Cl2N4O2/c26-20-4-3-5-22(23(20)27)31-11-9-30(10-12-31)8-1-2-13-33-17-6-7-18-19-15-25(19,16-28)24(32)29-21(18)14-17/h3-7,14,19H,1-2,8-13,15H2,(H,29,32). The van der Waals surface area contributed by atoms with E-state index in [2.05, 4.69) is 21.2 Å². The molecule has 172 valence electrons. The smallest absolute Gasteiger partial charge is 0.245 e. The molecule has 2 aromatic carbocycles. The number of benzene rings is 2. The van der Waals surface area contributed by atoms with Gasteiger partial charge >= 0.3 is 0 Å². The molecule has 33 heavy (non-hydrogen) atoms. The van der Waals surface area contributed by atoms with Crippen LogP contribution in [0.4, 0.5) is 11.4 Å². The molecule has 2 aliphatic heterocycles. The summed E-state index contributed by atoms with van der Waals surface area (Å²) in [4.78, 5) is 17.0. The lowest BCUT2D eigenvalue weighted by Gasteiger charge is -2.36. The fourth-order valence-corrected chi connectivity index (χ4v) is 5.33. The molecule has 5 rings (SSSR count). The second-order valence-corrected chi connectivity index (χ2v) is 9.79. The maximum atomic E-state index is 12.3. The topological polar surface area (TPSA) is 68.6 Å². The van der Waals surface area contributed by atoms with Crippen LogP contribution in [-0.2, 0) is 4.79 Å². The second kappa shape index (κ2) is 9.06. The lowest BCUT2D eigenvalue weighted by molar-refractivity contribution is -0.119. The first-order chi connectivity index (χ1) is 16.0. The van der Waals surface area contributed by atoms with E-state index in [0.29, 0.717) is 23.1 Å². The van der Waals surface area contributed by atoms with Gasteiger partial charge < -0.3 is 15.0 Å². The first-order valence-corrected chi connectivity index (χ1v) is 12.2. The van der Waals surface area contributed by atoms with E-state index < -0.39 is 5.41 Å². The van der Waals surface area contributed by atoms with Gasteiger partial charge in [0.1, 0.15) is 11.2 Å². The first-order valence-electron chi connectivity index (χ1n) is 11.4.